The fourth-order valence-electron chi connectivity index (χ4n) is 8.82. The maximum absolute atomic E-state index is 12.6. The molecule has 2 aliphatic carbocycles. The molecule has 11 nitrogen and oxygen atoms in total. The molecule has 47 heavy (non-hydrogen) atoms. The standard InChI is InChI=1S/C35H44N8O3S/c1-6-29(44)43-20(2)18-42(19-21(43)3)28-16-25(38-34(39-28)45-22(4)26-11-9-15-41(26)5)31-23-10-7-13-35(32(23)40-46-31)14-8-12-27-30(35)24(17-36)33(37)47-27/h6,16,20-22,26H,1,7-15,18-19,37H2,2-5H3/t20-,21-,22-,26-,35-/m0/s1. The van der Waals surface area contributed by atoms with E-state index in [1.165, 1.54) is 11.0 Å². The maximum Gasteiger partial charge on any atom is 0.319 e. The van der Waals surface area contributed by atoms with Crippen molar-refractivity contribution in [3.8, 4) is 23.5 Å². The molecule has 2 N–H and O–H groups in total. The zero-order chi connectivity index (χ0) is 33.0. The van der Waals surface area contributed by atoms with Crippen LogP contribution >= 0.6 is 11.3 Å². The number of amides is 1. The molecule has 3 aromatic heterocycles. The third-order valence-corrected chi connectivity index (χ3v) is 12.0. The number of likely N-dealkylation sites (tertiary alicyclic amines) is 1. The van der Waals surface area contributed by atoms with Crippen LogP contribution in [0.25, 0.3) is 11.5 Å². The van der Waals surface area contributed by atoms with Crippen molar-refractivity contribution in [2.45, 2.75) is 102 Å². The van der Waals surface area contributed by atoms with Gasteiger partial charge in [-0.25, -0.2) is 0 Å². The Kier molecular flexibility index (Phi) is 8.25. The van der Waals surface area contributed by atoms with E-state index in [0.717, 1.165) is 80.6 Å². The predicted octanol–water partition coefficient (Wildman–Crippen LogP) is 5.08. The highest BCUT2D eigenvalue weighted by molar-refractivity contribution is 7.16. The van der Waals surface area contributed by atoms with Gasteiger partial charge in [0.25, 0.3) is 0 Å². The van der Waals surface area contributed by atoms with Crippen LogP contribution in [0.1, 0.15) is 86.6 Å². The van der Waals surface area contributed by atoms with Crippen molar-refractivity contribution in [1.82, 2.24) is 24.9 Å². The van der Waals surface area contributed by atoms with Gasteiger partial charge in [-0.15, -0.1) is 11.3 Å². The minimum atomic E-state index is -0.391. The SMILES string of the molecule is C=CC(=O)N1[C@@H](C)CN(c2cc(-c3onc4c3CCC[C@@]43CCCc4sc(N)c(C#N)c43)nc(O[C@@H](C)[C@@H]3CCCN3C)n2)C[C@@H]1C. The molecular formula is C35H44N8O3S. The number of carbonyl (C=O) groups is 1. The smallest absolute Gasteiger partial charge is 0.319 e. The summed E-state index contributed by atoms with van der Waals surface area (Å²) in [5.41, 5.74) is 10.2. The number of aryl methyl sites for hydroxylation is 1. The Labute approximate surface area is 280 Å². The van der Waals surface area contributed by atoms with Gasteiger partial charge in [-0.2, -0.15) is 15.2 Å². The fraction of sp³-hybridized carbons (Fsp3) is 0.571. The number of carbonyl (C=O) groups excluding carboxylic acids is 1. The molecule has 0 unspecified atom stereocenters. The summed E-state index contributed by atoms with van der Waals surface area (Å²) in [6.45, 7) is 12.2. The maximum atomic E-state index is 12.6. The summed E-state index contributed by atoms with van der Waals surface area (Å²) in [4.78, 5) is 30.2. The molecule has 1 spiro atoms. The van der Waals surface area contributed by atoms with Crippen LogP contribution < -0.4 is 15.4 Å². The predicted molar refractivity (Wildman–Crippen MR) is 182 cm³/mol. The lowest BCUT2D eigenvalue weighted by atomic mass is 9.62. The Morgan fingerprint density at radius 2 is 1.98 bits per heavy atom. The number of piperazine rings is 1. The Balaban J connectivity index is 1.30. The molecule has 5 heterocycles. The van der Waals surface area contributed by atoms with Gasteiger partial charge in [0, 0.05) is 53.1 Å². The van der Waals surface area contributed by atoms with Crippen LogP contribution in [0.2, 0.25) is 0 Å². The summed E-state index contributed by atoms with van der Waals surface area (Å²) in [7, 11) is 2.14. The second-order valence-corrected chi connectivity index (χ2v) is 15.0. The Hall–Kier alpha value is -3.95. The quantitative estimate of drug-likeness (QED) is 0.358. The number of fused-ring (bicyclic) bond motifs is 4. The summed E-state index contributed by atoms with van der Waals surface area (Å²) in [5, 5.41) is 15.5. The topological polar surface area (TPSA) is 138 Å². The minimum absolute atomic E-state index is 0.0381. The lowest BCUT2D eigenvalue weighted by molar-refractivity contribution is -0.130. The largest absolute Gasteiger partial charge is 0.459 e. The normalized spacial score (nSPS) is 26.5. The van der Waals surface area contributed by atoms with Crippen LogP contribution in [-0.2, 0) is 23.1 Å². The van der Waals surface area contributed by atoms with Crippen molar-refractivity contribution in [2.75, 3.05) is 37.3 Å². The highest BCUT2D eigenvalue weighted by atomic mass is 32.1. The zero-order valence-corrected chi connectivity index (χ0v) is 28.6. The van der Waals surface area contributed by atoms with Gasteiger partial charge < -0.3 is 24.8 Å². The highest BCUT2D eigenvalue weighted by Crippen LogP contribution is 2.54. The average molecular weight is 657 g/mol. The molecule has 7 rings (SSSR count). The number of nitrogens with zero attached hydrogens (tertiary/aromatic N) is 7. The van der Waals surface area contributed by atoms with Gasteiger partial charge in [0.15, 0.2) is 5.76 Å². The van der Waals surface area contributed by atoms with Gasteiger partial charge in [-0.05, 0) is 97.4 Å². The first-order valence-electron chi connectivity index (χ1n) is 16.9. The molecule has 2 saturated heterocycles. The summed E-state index contributed by atoms with van der Waals surface area (Å²) >= 11 is 1.55. The molecule has 1 amide bonds. The van der Waals surface area contributed by atoms with Crippen molar-refractivity contribution in [3.05, 3.63) is 46.0 Å². The number of rotatable bonds is 6. The zero-order valence-electron chi connectivity index (χ0n) is 27.8. The van der Waals surface area contributed by atoms with Crippen LogP contribution in [0.3, 0.4) is 0 Å². The Bertz CT molecular complexity index is 1730. The molecular weight excluding hydrogens is 613 g/mol. The molecule has 0 saturated carbocycles. The van der Waals surface area contributed by atoms with Crippen LogP contribution in [-0.4, -0.2) is 81.7 Å². The van der Waals surface area contributed by atoms with Gasteiger partial charge in [0.2, 0.25) is 5.91 Å². The number of ether oxygens (including phenoxy) is 1. The van der Waals surface area contributed by atoms with Gasteiger partial charge in [0.05, 0.1) is 11.3 Å². The first kappa shape index (κ1) is 31.6. The Morgan fingerprint density at radius 1 is 1.23 bits per heavy atom. The number of nitrogen functional groups attached to an aromatic ring is 1. The number of hydrogen-bond donors (Lipinski definition) is 1. The number of anilines is 2. The molecule has 248 valence electrons. The summed E-state index contributed by atoms with van der Waals surface area (Å²) in [5.74, 6) is 1.30. The van der Waals surface area contributed by atoms with E-state index in [-0.39, 0.29) is 30.1 Å². The van der Waals surface area contributed by atoms with E-state index in [2.05, 4.69) is 50.3 Å². The minimum Gasteiger partial charge on any atom is -0.459 e. The first-order chi connectivity index (χ1) is 22.6. The van der Waals surface area contributed by atoms with Crippen molar-refractivity contribution < 1.29 is 14.1 Å². The van der Waals surface area contributed by atoms with Crippen LogP contribution in [0.4, 0.5) is 10.8 Å². The van der Waals surface area contributed by atoms with Crippen molar-refractivity contribution >= 4 is 28.1 Å². The monoisotopic (exact) mass is 656 g/mol. The summed E-state index contributed by atoms with van der Waals surface area (Å²) in [6, 6.07) is 4.90. The lowest BCUT2D eigenvalue weighted by Crippen LogP contribution is -2.58. The van der Waals surface area contributed by atoms with Gasteiger partial charge in [0.1, 0.15) is 28.7 Å². The first-order valence-corrected chi connectivity index (χ1v) is 17.7. The molecule has 5 atom stereocenters. The van der Waals surface area contributed by atoms with E-state index >= 15 is 0 Å². The fourth-order valence-corrected chi connectivity index (χ4v) is 9.99. The molecule has 0 radical (unpaired) electrons. The highest BCUT2D eigenvalue weighted by Gasteiger charge is 2.48. The van der Waals surface area contributed by atoms with Gasteiger partial charge in [-0.3, -0.25) is 9.69 Å². The van der Waals surface area contributed by atoms with E-state index in [4.69, 9.17) is 30.1 Å². The van der Waals surface area contributed by atoms with E-state index in [1.54, 1.807) is 11.3 Å². The van der Waals surface area contributed by atoms with Crippen molar-refractivity contribution in [1.29, 1.82) is 5.26 Å². The van der Waals surface area contributed by atoms with E-state index in [1.807, 2.05) is 11.0 Å². The molecule has 0 aromatic carbocycles. The number of likely N-dealkylation sites (N-methyl/N-ethyl adjacent to an activating group) is 1. The van der Waals surface area contributed by atoms with E-state index < -0.39 is 5.41 Å². The number of thiophene rings is 1. The number of hydrogen-bond acceptors (Lipinski definition) is 11. The molecule has 2 fully saturated rings. The van der Waals surface area contributed by atoms with Crippen molar-refractivity contribution in [2.24, 2.45) is 0 Å². The molecule has 12 heteroatoms. The third kappa shape index (κ3) is 5.28. The van der Waals surface area contributed by atoms with Crippen LogP contribution in [0.5, 0.6) is 6.01 Å². The third-order valence-electron chi connectivity index (χ3n) is 10.9. The number of nitrogens with two attached hydrogens (primary N) is 1. The molecule has 0 bridgehead atoms. The Morgan fingerprint density at radius 3 is 2.66 bits per heavy atom. The van der Waals surface area contributed by atoms with Crippen molar-refractivity contribution in [3.63, 3.8) is 0 Å². The molecule has 3 aromatic rings. The van der Waals surface area contributed by atoms with E-state index in [9.17, 15) is 10.1 Å². The molecule has 4 aliphatic rings. The van der Waals surface area contributed by atoms with Gasteiger partial charge in [-0.1, -0.05) is 11.7 Å². The van der Waals surface area contributed by atoms with Crippen LogP contribution in [0, 0.1) is 11.3 Å². The lowest BCUT2D eigenvalue weighted by Gasteiger charge is -2.44. The molecule has 2 aliphatic heterocycles. The van der Waals surface area contributed by atoms with E-state index in [0.29, 0.717) is 41.1 Å². The summed E-state index contributed by atoms with van der Waals surface area (Å²) in [6.07, 6.45) is 9.00. The average Bonchev–Trinajstić information content (AvgIpc) is 3.77. The van der Waals surface area contributed by atoms with Gasteiger partial charge >= 0.3 is 6.01 Å². The second kappa shape index (κ2) is 12.3. The summed E-state index contributed by atoms with van der Waals surface area (Å²) < 4.78 is 12.8. The number of aromatic nitrogens is 3. The van der Waals surface area contributed by atoms with Crippen LogP contribution in [0.15, 0.2) is 23.2 Å². The number of nitriles is 1. The second-order valence-electron chi connectivity index (χ2n) is 13.8.